The highest BCUT2D eigenvalue weighted by atomic mass is 16.5. The van der Waals surface area contributed by atoms with Crippen LogP contribution in [0, 0.1) is 0 Å². The summed E-state index contributed by atoms with van der Waals surface area (Å²) >= 11 is 0. The molecule has 0 aromatic heterocycles. The molecule has 0 atom stereocenters. The van der Waals surface area contributed by atoms with Crippen LogP contribution in [0.5, 0.6) is 23.0 Å². The zero-order chi connectivity index (χ0) is 20.5. The molecule has 3 rings (SSSR count). The summed E-state index contributed by atoms with van der Waals surface area (Å²) in [6.07, 6.45) is 2.16. The summed E-state index contributed by atoms with van der Waals surface area (Å²) in [7, 11) is 5.04. The van der Waals surface area contributed by atoms with E-state index in [1.165, 1.54) is 12.2 Å². The van der Waals surface area contributed by atoms with Crippen molar-refractivity contribution >= 4 is 5.69 Å². The van der Waals surface area contributed by atoms with E-state index in [1.54, 1.807) is 26.2 Å². The van der Waals surface area contributed by atoms with Gasteiger partial charge in [0.2, 0.25) is 5.75 Å². The number of benzene rings is 2. The molecule has 29 heavy (non-hydrogen) atoms. The highest BCUT2D eigenvalue weighted by molar-refractivity contribution is 5.58. The van der Waals surface area contributed by atoms with Gasteiger partial charge in [-0.15, -0.1) is 0 Å². The standard InChI is InChI=1S/C23H32N2O4/c1-26-20-10-5-4-9-19(20)25-16-14-24(15-17-25)13-6-7-18-29-23-21(27-2)11-8-12-22(23)28-3/h4-5,8-12H,6-7,13-18H2,1-3H3/p+1. The molecule has 6 heteroatoms. The fourth-order valence-electron chi connectivity index (χ4n) is 3.82. The summed E-state index contributed by atoms with van der Waals surface area (Å²) in [6.45, 7) is 6.26. The third-order valence-electron chi connectivity index (χ3n) is 5.45. The summed E-state index contributed by atoms with van der Waals surface area (Å²) in [5.41, 5.74) is 1.20. The molecule has 1 aliphatic heterocycles. The van der Waals surface area contributed by atoms with Crippen molar-refractivity contribution < 1.29 is 23.8 Å². The largest absolute Gasteiger partial charge is 0.495 e. The van der Waals surface area contributed by atoms with Gasteiger partial charge in [0.05, 0.1) is 66.3 Å². The van der Waals surface area contributed by atoms with E-state index in [0.29, 0.717) is 23.9 Å². The molecule has 158 valence electrons. The van der Waals surface area contributed by atoms with Gasteiger partial charge in [0.25, 0.3) is 0 Å². The van der Waals surface area contributed by atoms with Crippen molar-refractivity contribution in [3.8, 4) is 23.0 Å². The van der Waals surface area contributed by atoms with Gasteiger partial charge < -0.3 is 28.7 Å². The van der Waals surface area contributed by atoms with E-state index in [2.05, 4.69) is 17.0 Å². The average molecular weight is 402 g/mol. The molecule has 0 bridgehead atoms. The lowest BCUT2D eigenvalue weighted by Crippen LogP contribution is -3.14. The molecule has 1 aliphatic rings. The molecule has 0 aliphatic carbocycles. The number of nitrogens with zero attached hydrogens (tertiary/aromatic N) is 1. The van der Waals surface area contributed by atoms with Crippen LogP contribution >= 0.6 is 0 Å². The lowest BCUT2D eigenvalue weighted by molar-refractivity contribution is -0.900. The number of hydrogen-bond acceptors (Lipinski definition) is 5. The summed E-state index contributed by atoms with van der Waals surface area (Å²) in [5, 5.41) is 0. The summed E-state index contributed by atoms with van der Waals surface area (Å²) in [5.74, 6) is 3.07. The van der Waals surface area contributed by atoms with Gasteiger partial charge in [0.1, 0.15) is 5.75 Å². The highest BCUT2D eigenvalue weighted by Gasteiger charge is 2.21. The fourth-order valence-corrected chi connectivity index (χ4v) is 3.82. The maximum atomic E-state index is 5.96. The van der Waals surface area contributed by atoms with Crippen molar-refractivity contribution in [2.45, 2.75) is 12.8 Å². The Bertz CT molecular complexity index is 738. The molecule has 6 nitrogen and oxygen atoms in total. The van der Waals surface area contributed by atoms with E-state index in [1.807, 2.05) is 30.3 Å². The molecule has 0 saturated carbocycles. The highest BCUT2D eigenvalue weighted by Crippen LogP contribution is 2.36. The van der Waals surface area contributed by atoms with Gasteiger partial charge in [-0.25, -0.2) is 0 Å². The Labute approximate surface area is 173 Å². The third kappa shape index (κ3) is 5.48. The maximum absolute atomic E-state index is 5.96. The van der Waals surface area contributed by atoms with Crippen LogP contribution in [0.2, 0.25) is 0 Å². The minimum Gasteiger partial charge on any atom is -0.495 e. The zero-order valence-electron chi connectivity index (χ0n) is 17.8. The topological polar surface area (TPSA) is 44.6 Å². The zero-order valence-corrected chi connectivity index (χ0v) is 17.8. The molecule has 1 saturated heterocycles. The van der Waals surface area contributed by atoms with E-state index in [0.717, 1.165) is 44.8 Å². The number of rotatable bonds is 10. The minimum atomic E-state index is 0.664. The lowest BCUT2D eigenvalue weighted by Gasteiger charge is -2.34. The molecule has 0 unspecified atom stereocenters. The second-order valence-corrected chi connectivity index (χ2v) is 7.21. The Morgan fingerprint density at radius 2 is 1.41 bits per heavy atom. The number of para-hydroxylation sites is 3. The Morgan fingerprint density at radius 3 is 2.07 bits per heavy atom. The minimum absolute atomic E-state index is 0.664. The molecule has 2 aromatic rings. The Kier molecular flexibility index (Phi) is 7.87. The monoisotopic (exact) mass is 401 g/mol. The normalized spacial score (nSPS) is 14.5. The molecule has 0 spiro atoms. The van der Waals surface area contributed by atoms with Crippen LogP contribution in [0.25, 0.3) is 0 Å². The number of anilines is 1. The van der Waals surface area contributed by atoms with Crippen LogP contribution in [0.4, 0.5) is 5.69 Å². The summed E-state index contributed by atoms with van der Waals surface area (Å²) in [6, 6.07) is 14.0. The van der Waals surface area contributed by atoms with Gasteiger partial charge >= 0.3 is 0 Å². The first kappa shape index (κ1) is 21.1. The van der Waals surface area contributed by atoms with Crippen LogP contribution in [0.3, 0.4) is 0 Å². The van der Waals surface area contributed by atoms with Crippen LogP contribution < -0.4 is 28.7 Å². The number of hydrogen-bond donors (Lipinski definition) is 1. The molecule has 1 heterocycles. The van der Waals surface area contributed by atoms with Crippen LogP contribution in [-0.4, -0.2) is 60.7 Å². The lowest BCUT2D eigenvalue weighted by atomic mass is 10.2. The van der Waals surface area contributed by atoms with E-state index in [4.69, 9.17) is 18.9 Å². The Morgan fingerprint density at radius 1 is 0.793 bits per heavy atom. The smallest absolute Gasteiger partial charge is 0.203 e. The van der Waals surface area contributed by atoms with E-state index in [-0.39, 0.29) is 0 Å². The molecule has 1 fully saturated rings. The quantitative estimate of drug-likeness (QED) is 0.619. The number of ether oxygens (including phenoxy) is 4. The second kappa shape index (κ2) is 10.8. The van der Waals surface area contributed by atoms with Gasteiger partial charge in [0.15, 0.2) is 11.5 Å². The van der Waals surface area contributed by atoms with Crippen molar-refractivity contribution in [1.82, 2.24) is 0 Å². The van der Waals surface area contributed by atoms with E-state index in [9.17, 15) is 0 Å². The van der Waals surface area contributed by atoms with Crippen molar-refractivity contribution in [2.24, 2.45) is 0 Å². The molecule has 0 radical (unpaired) electrons. The molecule has 0 amide bonds. The van der Waals surface area contributed by atoms with Gasteiger partial charge in [-0.3, -0.25) is 0 Å². The Hall–Kier alpha value is -2.60. The summed E-state index contributed by atoms with van der Waals surface area (Å²) in [4.78, 5) is 4.09. The predicted octanol–water partition coefficient (Wildman–Crippen LogP) is 2.28. The summed E-state index contributed by atoms with van der Waals surface area (Å²) < 4.78 is 22.2. The van der Waals surface area contributed by atoms with E-state index >= 15 is 0 Å². The molecular weight excluding hydrogens is 368 g/mol. The average Bonchev–Trinajstić information content (AvgIpc) is 2.79. The maximum Gasteiger partial charge on any atom is 0.203 e. The second-order valence-electron chi connectivity index (χ2n) is 7.21. The molecule has 2 aromatic carbocycles. The number of methoxy groups -OCH3 is 3. The SMILES string of the molecule is COc1ccccc1N1CC[NH+](CCCCOc2c(OC)cccc2OC)CC1. The molecule has 1 N–H and O–H groups in total. The van der Waals surface area contributed by atoms with Gasteiger partial charge in [-0.05, 0) is 37.1 Å². The molecular formula is C23H33N2O4+. The predicted molar refractivity (Wildman–Crippen MR) is 115 cm³/mol. The van der Waals surface area contributed by atoms with Gasteiger partial charge in [-0.2, -0.15) is 0 Å². The number of piperazine rings is 1. The van der Waals surface area contributed by atoms with Crippen LogP contribution in [0.1, 0.15) is 12.8 Å². The van der Waals surface area contributed by atoms with E-state index < -0.39 is 0 Å². The third-order valence-corrected chi connectivity index (χ3v) is 5.45. The first-order chi connectivity index (χ1) is 14.3. The Balaban J connectivity index is 1.39. The van der Waals surface area contributed by atoms with Crippen molar-refractivity contribution in [2.75, 3.05) is 65.6 Å². The van der Waals surface area contributed by atoms with Gasteiger partial charge in [-0.1, -0.05) is 18.2 Å². The van der Waals surface area contributed by atoms with Crippen molar-refractivity contribution in [3.05, 3.63) is 42.5 Å². The van der Waals surface area contributed by atoms with Crippen molar-refractivity contribution in [1.29, 1.82) is 0 Å². The fraction of sp³-hybridized carbons (Fsp3) is 0.478. The number of nitrogens with one attached hydrogen (secondary N) is 1. The van der Waals surface area contributed by atoms with Crippen LogP contribution in [-0.2, 0) is 0 Å². The first-order valence-corrected chi connectivity index (χ1v) is 10.3. The number of quaternary nitrogens is 1. The van der Waals surface area contributed by atoms with Crippen molar-refractivity contribution in [3.63, 3.8) is 0 Å². The number of unbranched alkanes of at least 4 members (excludes halogenated alkanes) is 1. The van der Waals surface area contributed by atoms with Gasteiger partial charge in [0, 0.05) is 0 Å². The first-order valence-electron chi connectivity index (χ1n) is 10.3. The van der Waals surface area contributed by atoms with Crippen LogP contribution in [0.15, 0.2) is 42.5 Å².